The summed E-state index contributed by atoms with van der Waals surface area (Å²) in [5.74, 6) is 1.22. The summed E-state index contributed by atoms with van der Waals surface area (Å²) >= 11 is 0. The summed E-state index contributed by atoms with van der Waals surface area (Å²) in [7, 11) is 3.43. The van der Waals surface area contributed by atoms with Gasteiger partial charge in [0.25, 0.3) is 0 Å². The lowest BCUT2D eigenvalue weighted by Crippen LogP contribution is -2.30. The smallest absolute Gasteiger partial charge is 0.222 e. The number of aryl methyl sites for hydroxylation is 1. The molecule has 3 rings (SSSR count). The highest BCUT2D eigenvalue weighted by atomic mass is 16.5. The maximum absolute atomic E-state index is 12.6. The fourth-order valence-corrected chi connectivity index (χ4v) is 3.70. The van der Waals surface area contributed by atoms with Gasteiger partial charge in [-0.25, -0.2) is 0 Å². The number of hydrogen-bond donors (Lipinski definition) is 0. The van der Waals surface area contributed by atoms with Crippen LogP contribution in [0.4, 0.5) is 0 Å². The summed E-state index contributed by atoms with van der Waals surface area (Å²) in [5, 5.41) is 0. The Labute approximate surface area is 166 Å². The third kappa shape index (κ3) is 4.35. The van der Waals surface area contributed by atoms with E-state index < -0.39 is 0 Å². The van der Waals surface area contributed by atoms with Crippen LogP contribution < -0.4 is 9.47 Å². The van der Waals surface area contributed by atoms with Gasteiger partial charge >= 0.3 is 0 Å². The molecule has 2 aromatic carbocycles. The molecule has 1 aliphatic rings. The number of fused-ring (bicyclic) bond motifs is 1. The normalized spacial score (nSPS) is 15.0. The molecule has 0 fully saturated rings. The molecule has 2 aromatic rings. The summed E-state index contributed by atoms with van der Waals surface area (Å²) in [4.78, 5) is 25.9. The minimum Gasteiger partial charge on any atom is -0.493 e. The minimum atomic E-state index is -0.0213. The molecular weight excluding hydrogens is 354 g/mol. The number of carbonyl (C=O) groups is 2. The Morgan fingerprint density at radius 3 is 2.68 bits per heavy atom. The molecule has 1 aliphatic carbocycles. The molecule has 0 heterocycles. The number of ketones is 1. The Hall–Kier alpha value is -2.82. The lowest BCUT2D eigenvalue weighted by atomic mass is 10.1. The van der Waals surface area contributed by atoms with E-state index in [-0.39, 0.29) is 17.7 Å². The highest BCUT2D eigenvalue weighted by Crippen LogP contribution is 2.35. The second kappa shape index (κ2) is 8.91. The molecule has 0 bridgehead atoms. The Bertz CT molecular complexity index is 861. The molecule has 5 heteroatoms. The van der Waals surface area contributed by atoms with E-state index in [0.717, 1.165) is 12.8 Å². The van der Waals surface area contributed by atoms with Crippen LogP contribution >= 0.6 is 0 Å². The molecule has 1 amide bonds. The third-order valence-corrected chi connectivity index (χ3v) is 5.32. The highest BCUT2D eigenvalue weighted by molar-refractivity contribution is 5.94. The van der Waals surface area contributed by atoms with Crippen LogP contribution in [0.5, 0.6) is 11.5 Å². The van der Waals surface area contributed by atoms with Gasteiger partial charge in [0, 0.05) is 19.0 Å². The van der Waals surface area contributed by atoms with Gasteiger partial charge in [-0.05, 0) is 55.5 Å². The largest absolute Gasteiger partial charge is 0.493 e. The van der Waals surface area contributed by atoms with E-state index in [0.29, 0.717) is 36.5 Å². The first kappa shape index (κ1) is 19.9. The molecule has 0 saturated carbocycles. The molecular formula is C23H27NO4. The van der Waals surface area contributed by atoms with Crippen LogP contribution in [0.25, 0.3) is 0 Å². The number of ether oxygens (including phenoxy) is 2. The van der Waals surface area contributed by atoms with E-state index in [4.69, 9.17) is 9.47 Å². The number of nitrogens with zero attached hydrogens (tertiary/aromatic N) is 1. The summed E-state index contributed by atoms with van der Waals surface area (Å²) < 4.78 is 11.1. The first-order chi connectivity index (χ1) is 13.5. The number of methoxy groups -OCH3 is 1. The Morgan fingerprint density at radius 1 is 1.14 bits per heavy atom. The number of carbonyl (C=O) groups excluding carboxylic acids is 2. The average Bonchev–Trinajstić information content (AvgIpc) is 3.14. The fraction of sp³-hybridized carbons (Fsp3) is 0.391. The van der Waals surface area contributed by atoms with Crippen molar-refractivity contribution < 1.29 is 19.1 Å². The number of hydrogen-bond acceptors (Lipinski definition) is 4. The average molecular weight is 381 g/mol. The number of Topliss-reactive ketones (excluding diaryl/α,β-unsaturated/α-hetero) is 1. The van der Waals surface area contributed by atoms with Crippen molar-refractivity contribution in [3.8, 4) is 11.5 Å². The van der Waals surface area contributed by atoms with E-state index >= 15 is 0 Å². The molecule has 0 aliphatic heterocycles. The van der Waals surface area contributed by atoms with Crippen LogP contribution in [0.2, 0.25) is 0 Å². The summed E-state index contributed by atoms with van der Waals surface area (Å²) in [6.45, 7) is 1.93. The van der Waals surface area contributed by atoms with Gasteiger partial charge in [0.1, 0.15) is 0 Å². The zero-order valence-corrected chi connectivity index (χ0v) is 16.7. The molecule has 0 spiro atoms. The quantitative estimate of drug-likeness (QED) is 0.508. The molecule has 0 saturated heterocycles. The van der Waals surface area contributed by atoms with Crippen LogP contribution in [-0.4, -0.2) is 37.4 Å². The molecule has 0 radical (unpaired) electrons. The Morgan fingerprint density at radius 2 is 1.93 bits per heavy atom. The van der Waals surface area contributed by atoms with Gasteiger partial charge in [-0.15, -0.1) is 0 Å². The molecule has 0 N–H and O–H groups in total. The van der Waals surface area contributed by atoms with Gasteiger partial charge in [0.05, 0.1) is 19.8 Å². The maximum atomic E-state index is 12.6. The molecule has 148 valence electrons. The molecule has 28 heavy (non-hydrogen) atoms. The van der Waals surface area contributed by atoms with Crippen molar-refractivity contribution in [1.82, 2.24) is 4.90 Å². The van der Waals surface area contributed by atoms with Crippen molar-refractivity contribution in [2.75, 3.05) is 20.8 Å². The molecule has 1 atom stereocenters. The van der Waals surface area contributed by atoms with Crippen molar-refractivity contribution in [1.29, 1.82) is 0 Å². The Kier molecular flexibility index (Phi) is 6.34. The second-order valence-corrected chi connectivity index (χ2v) is 7.13. The molecule has 0 unspecified atom stereocenters. The third-order valence-electron chi connectivity index (χ3n) is 5.32. The monoisotopic (exact) mass is 381 g/mol. The van der Waals surface area contributed by atoms with Crippen molar-refractivity contribution in [2.45, 2.75) is 38.6 Å². The van der Waals surface area contributed by atoms with Crippen molar-refractivity contribution in [3.63, 3.8) is 0 Å². The zero-order valence-electron chi connectivity index (χ0n) is 16.7. The predicted molar refractivity (Wildman–Crippen MR) is 108 cm³/mol. The summed E-state index contributed by atoms with van der Waals surface area (Å²) in [6, 6.07) is 13.7. The summed E-state index contributed by atoms with van der Waals surface area (Å²) in [5.41, 5.74) is 3.19. The van der Waals surface area contributed by atoms with Crippen LogP contribution in [0.3, 0.4) is 0 Å². The maximum Gasteiger partial charge on any atom is 0.222 e. The van der Waals surface area contributed by atoms with Crippen molar-refractivity contribution in [2.24, 2.45) is 0 Å². The van der Waals surface area contributed by atoms with Gasteiger partial charge in [-0.2, -0.15) is 0 Å². The first-order valence-electron chi connectivity index (χ1n) is 9.66. The lowest BCUT2D eigenvalue weighted by molar-refractivity contribution is -0.132. The van der Waals surface area contributed by atoms with Gasteiger partial charge < -0.3 is 14.4 Å². The lowest BCUT2D eigenvalue weighted by Gasteiger charge is -2.25. The van der Waals surface area contributed by atoms with Crippen LogP contribution in [0, 0.1) is 0 Å². The SMILES string of the molecule is COc1cc(C(C)=O)ccc1OCCCC(=O)N(C)[C@H]1CCc2ccccc21. The Balaban J connectivity index is 1.50. The van der Waals surface area contributed by atoms with E-state index in [2.05, 4.69) is 18.2 Å². The van der Waals surface area contributed by atoms with E-state index in [9.17, 15) is 9.59 Å². The van der Waals surface area contributed by atoms with Gasteiger partial charge in [-0.1, -0.05) is 24.3 Å². The summed E-state index contributed by atoms with van der Waals surface area (Å²) in [6.07, 6.45) is 3.06. The van der Waals surface area contributed by atoms with Gasteiger partial charge in [-0.3, -0.25) is 9.59 Å². The highest BCUT2D eigenvalue weighted by Gasteiger charge is 2.27. The van der Waals surface area contributed by atoms with E-state index in [1.54, 1.807) is 25.3 Å². The van der Waals surface area contributed by atoms with Crippen LogP contribution in [0.15, 0.2) is 42.5 Å². The second-order valence-electron chi connectivity index (χ2n) is 7.13. The van der Waals surface area contributed by atoms with Gasteiger partial charge in [0.2, 0.25) is 5.91 Å². The van der Waals surface area contributed by atoms with E-state index in [1.807, 2.05) is 18.0 Å². The van der Waals surface area contributed by atoms with Crippen molar-refractivity contribution >= 4 is 11.7 Å². The standard InChI is InChI=1S/C23H27NO4/c1-16(25)18-11-13-21(22(15-18)27-3)28-14-6-9-23(26)24(2)20-12-10-17-7-4-5-8-19(17)20/h4-5,7-8,11,13,15,20H,6,9-10,12,14H2,1-3H3/t20-/m0/s1. The number of amides is 1. The minimum absolute atomic E-state index is 0.0213. The van der Waals surface area contributed by atoms with Crippen molar-refractivity contribution in [3.05, 3.63) is 59.2 Å². The molecule has 0 aromatic heterocycles. The van der Waals surface area contributed by atoms with Crippen LogP contribution in [0.1, 0.15) is 53.7 Å². The number of rotatable bonds is 8. The van der Waals surface area contributed by atoms with E-state index in [1.165, 1.54) is 18.1 Å². The molecule has 5 nitrogen and oxygen atoms in total. The van der Waals surface area contributed by atoms with Crippen LogP contribution in [-0.2, 0) is 11.2 Å². The topological polar surface area (TPSA) is 55.8 Å². The first-order valence-corrected chi connectivity index (χ1v) is 9.66. The fourth-order valence-electron chi connectivity index (χ4n) is 3.70. The zero-order chi connectivity index (χ0) is 20.1. The van der Waals surface area contributed by atoms with Gasteiger partial charge in [0.15, 0.2) is 17.3 Å². The number of benzene rings is 2. The predicted octanol–water partition coefficient (Wildman–Crippen LogP) is 4.20.